The van der Waals surface area contributed by atoms with E-state index in [4.69, 9.17) is 4.74 Å². The van der Waals surface area contributed by atoms with Crippen molar-refractivity contribution in [1.29, 1.82) is 0 Å². The second-order valence-corrected chi connectivity index (χ2v) is 9.01. The van der Waals surface area contributed by atoms with E-state index in [9.17, 15) is 4.79 Å². The fraction of sp³-hybridized carbons (Fsp3) is 0.208. The van der Waals surface area contributed by atoms with Gasteiger partial charge in [-0.05, 0) is 46.9 Å². The Morgan fingerprint density at radius 2 is 1.81 bits per heavy atom. The van der Waals surface area contributed by atoms with Gasteiger partial charge in [-0.15, -0.1) is 16.4 Å². The van der Waals surface area contributed by atoms with Crippen LogP contribution in [0, 0.1) is 0 Å². The molecule has 158 valence electrons. The van der Waals surface area contributed by atoms with Gasteiger partial charge in [0.15, 0.2) is 0 Å². The van der Waals surface area contributed by atoms with Crippen LogP contribution in [0.25, 0.3) is 22.3 Å². The lowest BCUT2D eigenvalue weighted by Crippen LogP contribution is -2.10. The Morgan fingerprint density at radius 3 is 2.45 bits per heavy atom. The molecule has 0 saturated heterocycles. The van der Waals surface area contributed by atoms with Gasteiger partial charge in [-0.1, -0.05) is 45.0 Å². The summed E-state index contributed by atoms with van der Waals surface area (Å²) in [6, 6.07) is 15.9. The number of aromatic nitrogens is 3. The fourth-order valence-electron chi connectivity index (χ4n) is 3.11. The molecule has 0 saturated carbocycles. The van der Waals surface area contributed by atoms with Crippen molar-refractivity contribution in [2.45, 2.75) is 26.2 Å². The van der Waals surface area contributed by atoms with Crippen molar-refractivity contribution < 1.29 is 9.53 Å². The second-order valence-electron chi connectivity index (χ2n) is 8.17. The lowest BCUT2D eigenvalue weighted by molar-refractivity contribution is -0.111. The van der Waals surface area contributed by atoms with E-state index >= 15 is 0 Å². The third-order valence-corrected chi connectivity index (χ3v) is 5.72. The minimum Gasteiger partial charge on any atom is -0.497 e. The number of benzene rings is 2. The standard InChI is InChI=1S/C24H24N4O2S/c1-24(2,3)18-10-5-16(6-11-18)7-14-21(29)25-22-26-23-28(27-22)20(15-31-23)17-8-12-19(30-4)13-9-17/h5-15H,1-4H3,(H,25,27,29)/b14-7+. The number of methoxy groups -OCH3 is 1. The average molecular weight is 433 g/mol. The first-order valence-electron chi connectivity index (χ1n) is 9.92. The van der Waals surface area contributed by atoms with Crippen LogP contribution < -0.4 is 10.1 Å². The predicted molar refractivity (Wildman–Crippen MR) is 126 cm³/mol. The van der Waals surface area contributed by atoms with Gasteiger partial charge in [0.1, 0.15) is 5.75 Å². The van der Waals surface area contributed by atoms with Gasteiger partial charge in [0.05, 0.1) is 12.8 Å². The van der Waals surface area contributed by atoms with Crippen molar-refractivity contribution in [3.05, 3.63) is 71.1 Å². The van der Waals surface area contributed by atoms with Crippen LogP contribution in [0.4, 0.5) is 5.95 Å². The second kappa shape index (κ2) is 8.35. The normalized spacial score (nSPS) is 11.9. The van der Waals surface area contributed by atoms with Gasteiger partial charge in [-0.2, -0.15) is 4.98 Å². The minimum absolute atomic E-state index is 0.101. The summed E-state index contributed by atoms with van der Waals surface area (Å²) in [6.07, 6.45) is 3.27. The number of carbonyl (C=O) groups excluding carboxylic acids is 1. The van der Waals surface area contributed by atoms with Crippen LogP contribution in [0.3, 0.4) is 0 Å². The predicted octanol–water partition coefficient (Wildman–Crippen LogP) is 5.42. The Hall–Kier alpha value is -3.45. The number of nitrogens with zero attached hydrogens (tertiary/aromatic N) is 3. The minimum atomic E-state index is -0.274. The number of ether oxygens (including phenoxy) is 1. The molecule has 4 aromatic rings. The number of amides is 1. The summed E-state index contributed by atoms with van der Waals surface area (Å²) in [5, 5.41) is 9.17. The van der Waals surface area contributed by atoms with Crippen LogP contribution in [-0.2, 0) is 10.2 Å². The number of rotatable bonds is 5. The zero-order valence-corrected chi connectivity index (χ0v) is 18.7. The highest BCUT2D eigenvalue weighted by Gasteiger charge is 2.14. The molecule has 7 heteroatoms. The summed E-state index contributed by atoms with van der Waals surface area (Å²) in [7, 11) is 1.64. The highest BCUT2D eigenvalue weighted by Crippen LogP contribution is 2.27. The molecule has 4 rings (SSSR count). The van der Waals surface area contributed by atoms with E-state index in [0.717, 1.165) is 22.6 Å². The van der Waals surface area contributed by atoms with Crippen LogP contribution in [0.15, 0.2) is 60.0 Å². The number of hydrogen-bond donors (Lipinski definition) is 1. The number of fused-ring (bicyclic) bond motifs is 1. The van der Waals surface area contributed by atoms with E-state index < -0.39 is 0 Å². The first-order chi connectivity index (χ1) is 14.8. The lowest BCUT2D eigenvalue weighted by atomic mass is 9.87. The van der Waals surface area contributed by atoms with Gasteiger partial charge in [-0.25, -0.2) is 4.52 Å². The Labute approximate surface area is 185 Å². The molecule has 0 radical (unpaired) electrons. The molecule has 0 aliphatic carbocycles. The van der Waals surface area contributed by atoms with Crippen LogP contribution in [0.1, 0.15) is 31.9 Å². The van der Waals surface area contributed by atoms with E-state index in [1.54, 1.807) is 17.7 Å². The van der Waals surface area contributed by atoms with Gasteiger partial charge in [-0.3, -0.25) is 10.1 Å². The number of nitrogens with one attached hydrogen (secondary N) is 1. The first-order valence-corrected chi connectivity index (χ1v) is 10.8. The van der Waals surface area contributed by atoms with Crippen molar-refractivity contribution in [2.24, 2.45) is 0 Å². The SMILES string of the molecule is COc1ccc(-c2csc3nc(NC(=O)/C=C/c4ccc(C(C)(C)C)cc4)nn23)cc1. The smallest absolute Gasteiger partial charge is 0.250 e. The molecule has 2 aromatic carbocycles. The summed E-state index contributed by atoms with van der Waals surface area (Å²) in [5.74, 6) is 0.796. The van der Waals surface area contributed by atoms with Crippen molar-refractivity contribution in [2.75, 3.05) is 12.4 Å². The zero-order chi connectivity index (χ0) is 22.0. The van der Waals surface area contributed by atoms with E-state index in [2.05, 4.69) is 48.3 Å². The van der Waals surface area contributed by atoms with Crippen LogP contribution in [0.5, 0.6) is 5.75 Å². The summed E-state index contributed by atoms with van der Waals surface area (Å²) in [5.41, 5.74) is 4.22. The van der Waals surface area contributed by atoms with Gasteiger partial charge in [0.25, 0.3) is 11.9 Å². The summed E-state index contributed by atoms with van der Waals surface area (Å²) in [6.45, 7) is 6.52. The van der Waals surface area contributed by atoms with Crippen molar-refractivity contribution in [3.8, 4) is 17.0 Å². The lowest BCUT2D eigenvalue weighted by Gasteiger charge is -2.18. The number of thiazole rings is 1. The third kappa shape index (κ3) is 4.67. The average Bonchev–Trinajstić information content (AvgIpc) is 3.32. The Morgan fingerprint density at radius 1 is 1.10 bits per heavy atom. The first kappa shape index (κ1) is 20.8. The van der Waals surface area contributed by atoms with Crippen LogP contribution in [-0.4, -0.2) is 27.6 Å². The largest absolute Gasteiger partial charge is 0.497 e. The summed E-state index contributed by atoms with van der Waals surface area (Å²) >= 11 is 1.47. The molecular formula is C24H24N4O2S. The highest BCUT2D eigenvalue weighted by atomic mass is 32.1. The monoisotopic (exact) mass is 432 g/mol. The maximum Gasteiger partial charge on any atom is 0.250 e. The molecule has 31 heavy (non-hydrogen) atoms. The highest BCUT2D eigenvalue weighted by molar-refractivity contribution is 7.15. The maximum atomic E-state index is 12.3. The van der Waals surface area contributed by atoms with E-state index in [0.29, 0.717) is 4.96 Å². The third-order valence-electron chi connectivity index (χ3n) is 4.91. The molecule has 1 amide bonds. The summed E-state index contributed by atoms with van der Waals surface area (Å²) < 4.78 is 6.94. The number of anilines is 1. The van der Waals surface area contributed by atoms with Crippen molar-refractivity contribution in [3.63, 3.8) is 0 Å². The molecule has 0 fully saturated rings. The number of hydrogen-bond acceptors (Lipinski definition) is 5. The number of carbonyl (C=O) groups is 1. The van der Waals surface area contributed by atoms with Crippen LogP contribution >= 0.6 is 11.3 Å². The molecule has 2 heterocycles. The Balaban J connectivity index is 1.46. The Bertz CT molecular complexity index is 1230. The van der Waals surface area contributed by atoms with E-state index in [1.807, 2.05) is 41.8 Å². The molecule has 2 aromatic heterocycles. The molecule has 6 nitrogen and oxygen atoms in total. The Kier molecular flexibility index (Phi) is 5.61. The topological polar surface area (TPSA) is 68.5 Å². The zero-order valence-electron chi connectivity index (χ0n) is 17.9. The maximum absolute atomic E-state index is 12.3. The molecule has 0 aliphatic rings. The molecule has 0 aliphatic heterocycles. The molecule has 0 bridgehead atoms. The fourth-order valence-corrected chi connectivity index (χ4v) is 3.94. The van der Waals surface area contributed by atoms with Gasteiger partial charge < -0.3 is 4.74 Å². The molecular weight excluding hydrogens is 408 g/mol. The molecule has 1 N–H and O–H groups in total. The van der Waals surface area contributed by atoms with E-state index in [1.165, 1.54) is 23.0 Å². The molecule has 0 atom stereocenters. The molecule has 0 spiro atoms. The van der Waals surface area contributed by atoms with E-state index in [-0.39, 0.29) is 17.3 Å². The summed E-state index contributed by atoms with van der Waals surface area (Å²) in [4.78, 5) is 17.5. The van der Waals surface area contributed by atoms with Crippen LogP contribution in [0.2, 0.25) is 0 Å². The van der Waals surface area contributed by atoms with Gasteiger partial charge in [0.2, 0.25) is 4.96 Å². The van der Waals surface area contributed by atoms with Gasteiger partial charge in [0, 0.05) is 17.0 Å². The quantitative estimate of drug-likeness (QED) is 0.428. The van der Waals surface area contributed by atoms with Gasteiger partial charge >= 0.3 is 0 Å². The van der Waals surface area contributed by atoms with Crippen molar-refractivity contribution >= 4 is 34.2 Å². The van der Waals surface area contributed by atoms with Crippen molar-refractivity contribution in [1.82, 2.24) is 14.6 Å². The molecule has 0 unspecified atom stereocenters.